The van der Waals surface area contributed by atoms with Gasteiger partial charge in [-0.3, -0.25) is 4.79 Å². The Bertz CT molecular complexity index is 455. The smallest absolute Gasteiger partial charge is 0.233 e. The van der Waals surface area contributed by atoms with Crippen LogP contribution in [0.25, 0.3) is 0 Å². The number of carbonyl (C=O) groups is 1. The third-order valence-electron chi connectivity index (χ3n) is 4.30. The number of hydrogen-bond donors (Lipinski definition) is 1. The summed E-state index contributed by atoms with van der Waals surface area (Å²) in [6, 6.07) is 7.84. The van der Waals surface area contributed by atoms with Crippen molar-refractivity contribution in [2.45, 2.75) is 55.6 Å². The van der Waals surface area contributed by atoms with Gasteiger partial charge in [-0.1, -0.05) is 25.7 Å². The Hall–Kier alpha value is -1.16. The minimum atomic E-state index is -0.0696. The molecule has 4 heteroatoms. The molecule has 0 heterocycles. The standard InChI is InChI=1S/C18H27NO2S/c1-14(22-17-11-9-16(21-2)10-12-17)18(20)19-13-5-8-15-6-3-4-7-15/h9-12,14-15H,3-8,13H2,1-2H3,(H,19,20). The zero-order valence-electron chi connectivity index (χ0n) is 13.6. The number of rotatable bonds is 8. The van der Waals surface area contributed by atoms with Crippen molar-refractivity contribution in [3.63, 3.8) is 0 Å². The van der Waals surface area contributed by atoms with E-state index in [9.17, 15) is 4.79 Å². The van der Waals surface area contributed by atoms with E-state index in [1.165, 1.54) is 32.1 Å². The molecule has 3 nitrogen and oxygen atoms in total. The molecule has 122 valence electrons. The van der Waals surface area contributed by atoms with Crippen LogP contribution in [0.4, 0.5) is 0 Å². The van der Waals surface area contributed by atoms with E-state index in [4.69, 9.17) is 4.74 Å². The van der Waals surface area contributed by atoms with Crippen molar-refractivity contribution in [2.24, 2.45) is 5.92 Å². The molecule has 0 radical (unpaired) electrons. The zero-order chi connectivity index (χ0) is 15.8. The first kappa shape index (κ1) is 17.2. The Morgan fingerprint density at radius 1 is 1.32 bits per heavy atom. The number of carbonyl (C=O) groups excluding carboxylic acids is 1. The van der Waals surface area contributed by atoms with Crippen LogP contribution >= 0.6 is 11.8 Å². The molecule has 1 N–H and O–H groups in total. The fraction of sp³-hybridized carbons (Fsp3) is 0.611. The van der Waals surface area contributed by atoms with E-state index in [1.807, 2.05) is 31.2 Å². The predicted octanol–water partition coefficient (Wildman–Crippen LogP) is 4.26. The highest BCUT2D eigenvalue weighted by Crippen LogP contribution is 2.28. The van der Waals surface area contributed by atoms with Crippen LogP contribution in [0.1, 0.15) is 45.4 Å². The van der Waals surface area contributed by atoms with E-state index in [0.29, 0.717) is 0 Å². The summed E-state index contributed by atoms with van der Waals surface area (Å²) in [5, 5.41) is 3.00. The van der Waals surface area contributed by atoms with Gasteiger partial charge in [-0.05, 0) is 49.9 Å². The van der Waals surface area contributed by atoms with Gasteiger partial charge in [0.15, 0.2) is 0 Å². The second-order valence-electron chi connectivity index (χ2n) is 6.02. The average Bonchev–Trinajstić information content (AvgIpc) is 3.05. The Balaban J connectivity index is 1.65. The number of hydrogen-bond acceptors (Lipinski definition) is 3. The fourth-order valence-corrected chi connectivity index (χ4v) is 3.85. The number of amides is 1. The molecule has 2 rings (SSSR count). The minimum absolute atomic E-state index is 0.0696. The van der Waals surface area contributed by atoms with Crippen LogP contribution in [0.3, 0.4) is 0 Å². The summed E-state index contributed by atoms with van der Waals surface area (Å²) in [5.41, 5.74) is 0. The molecule has 1 aromatic rings. The van der Waals surface area contributed by atoms with Crippen molar-refractivity contribution in [2.75, 3.05) is 13.7 Å². The summed E-state index contributed by atoms with van der Waals surface area (Å²) in [6.07, 6.45) is 7.94. The molecule has 1 fully saturated rings. The molecule has 22 heavy (non-hydrogen) atoms. The maximum atomic E-state index is 12.1. The second-order valence-corrected chi connectivity index (χ2v) is 7.43. The summed E-state index contributed by atoms with van der Waals surface area (Å²) >= 11 is 1.59. The van der Waals surface area contributed by atoms with Crippen molar-refractivity contribution in [3.05, 3.63) is 24.3 Å². The van der Waals surface area contributed by atoms with Gasteiger partial charge in [-0.25, -0.2) is 0 Å². The quantitative estimate of drug-likeness (QED) is 0.574. The molecule has 1 atom stereocenters. The fourth-order valence-electron chi connectivity index (χ4n) is 2.96. The molecule has 1 aromatic carbocycles. The van der Waals surface area contributed by atoms with Gasteiger partial charge in [0.05, 0.1) is 12.4 Å². The van der Waals surface area contributed by atoms with Crippen LogP contribution in [0.15, 0.2) is 29.2 Å². The number of nitrogens with one attached hydrogen (secondary N) is 1. The summed E-state index contributed by atoms with van der Waals surface area (Å²) in [7, 11) is 1.66. The molecule has 1 aliphatic rings. The molecule has 0 saturated heterocycles. The Morgan fingerprint density at radius 2 is 2.00 bits per heavy atom. The van der Waals surface area contributed by atoms with Gasteiger partial charge in [0.1, 0.15) is 5.75 Å². The maximum absolute atomic E-state index is 12.1. The molecule has 0 aromatic heterocycles. The lowest BCUT2D eigenvalue weighted by Crippen LogP contribution is -2.31. The molecular weight excluding hydrogens is 294 g/mol. The van der Waals surface area contributed by atoms with Crippen molar-refractivity contribution < 1.29 is 9.53 Å². The van der Waals surface area contributed by atoms with Crippen molar-refractivity contribution in [1.29, 1.82) is 0 Å². The Labute approximate surface area is 138 Å². The molecule has 1 aliphatic carbocycles. The summed E-state index contributed by atoms with van der Waals surface area (Å²) in [6.45, 7) is 2.77. The van der Waals surface area contributed by atoms with Gasteiger partial charge in [0, 0.05) is 11.4 Å². The lowest BCUT2D eigenvalue weighted by atomic mass is 10.0. The van der Waals surface area contributed by atoms with Gasteiger partial charge in [0.25, 0.3) is 0 Å². The summed E-state index contributed by atoms with van der Waals surface area (Å²) in [4.78, 5) is 13.2. The molecule has 0 spiro atoms. The first-order chi connectivity index (χ1) is 10.7. The number of benzene rings is 1. The number of methoxy groups -OCH3 is 1. The topological polar surface area (TPSA) is 38.3 Å². The summed E-state index contributed by atoms with van der Waals surface area (Å²) < 4.78 is 5.14. The average molecular weight is 321 g/mol. The molecule has 1 unspecified atom stereocenters. The third kappa shape index (κ3) is 5.56. The first-order valence-corrected chi connectivity index (χ1v) is 9.15. The highest BCUT2D eigenvalue weighted by atomic mass is 32.2. The van der Waals surface area contributed by atoms with Gasteiger partial charge >= 0.3 is 0 Å². The van der Waals surface area contributed by atoms with Gasteiger partial charge < -0.3 is 10.1 Å². The van der Waals surface area contributed by atoms with E-state index in [0.717, 1.165) is 29.5 Å². The maximum Gasteiger partial charge on any atom is 0.233 e. The normalized spacial score (nSPS) is 16.5. The van der Waals surface area contributed by atoms with Gasteiger partial charge in [-0.2, -0.15) is 0 Å². The van der Waals surface area contributed by atoms with Crippen LogP contribution < -0.4 is 10.1 Å². The van der Waals surface area contributed by atoms with Crippen LogP contribution in [0, 0.1) is 5.92 Å². The highest BCUT2D eigenvalue weighted by Gasteiger charge is 2.16. The van der Waals surface area contributed by atoms with Crippen molar-refractivity contribution >= 4 is 17.7 Å². The molecule has 1 amide bonds. The minimum Gasteiger partial charge on any atom is -0.497 e. The van der Waals surface area contributed by atoms with Crippen LogP contribution in [0.5, 0.6) is 5.75 Å². The SMILES string of the molecule is COc1ccc(SC(C)C(=O)NCCCC2CCCC2)cc1. The van der Waals surface area contributed by atoms with Gasteiger partial charge in [-0.15, -0.1) is 11.8 Å². The highest BCUT2D eigenvalue weighted by molar-refractivity contribution is 8.00. The van der Waals surface area contributed by atoms with E-state index < -0.39 is 0 Å². The monoisotopic (exact) mass is 321 g/mol. The Morgan fingerprint density at radius 3 is 2.64 bits per heavy atom. The van der Waals surface area contributed by atoms with E-state index in [-0.39, 0.29) is 11.2 Å². The predicted molar refractivity (Wildman–Crippen MR) is 92.5 cm³/mol. The lowest BCUT2D eigenvalue weighted by Gasteiger charge is -2.13. The first-order valence-electron chi connectivity index (χ1n) is 8.27. The largest absolute Gasteiger partial charge is 0.497 e. The zero-order valence-corrected chi connectivity index (χ0v) is 14.5. The van der Waals surface area contributed by atoms with Crippen LogP contribution in [-0.2, 0) is 4.79 Å². The van der Waals surface area contributed by atoms with Crippen LogP contribution in [-0.4, -0.2) is 24.8 Å². The molecule has 1 saturated carbocycles. The van der Waals surface area contributed by atoms with Crippen molar-refractivity contribution in [1.82, 2.24) is 5.32 Å². The van der Waals surface area contributed by atoms with E-state index >= 15 is 0 Å². The second kappa shape index (κ2) is 9.09. The third-order valence-corrected chi connectivity index (χ3v) is 5.42. The lowest BCUT2D eigenvalue weighted by molar-refractivity contribution is -0.120. The van der Waals surface area contributed by atoms with E-state index in [2.05, 4.69) is 5.32 Å². The molecule has 0 bridgehead atoms. The number of ether oxygens (including phenoxy) is 1. The van der Waals surface area contributed by atoms with Crippen LogP contribution in [0.2, 0.25) is 0 Å². The van der Waals surface area contributed by atoms with E-state index in [1.54, 1.807) is 18.9 Å². The molecule has 0 aliphatic heterocycles. The molecular formula is C18H27NO2S. The number of thioether (sulfide) groups is 1. The van der Waals surface area contributed by atoms with Crippen molar-refractivity contribution in [3.8, 4) is 5.75 Å². The summed E-state index contributed by atoms with van der Waals surface area (Å²) in [5.74, 6) is 1.88. The van der Waals surface area contributed by atoms with Gasteiger partial charge in [0.2, 0.25) is 5.91 Å². The Kier molecular flexibility index (Phi) is 7.10.